The molecule has 0 spiro atoms. The van der Waals surface area contributed by atoms with E-state index in [2.05, 4.69) is 22.6 Å². The Labute approximate surface area is 125 Å². The molecule has 0 amide bonds. The Bertz CT molecular complexity index is 564. The van der Waals surface area contributed by atoms with Crippen LogP contribution in [0.1, 0.15) is 15.9 Å². The van der Waals surface area contributed by atoms with E-state index >= 15 is 0 Å². The van der Waals surface area contributed by atoms with Gasteiger partial charge in [-0.25, -0.2) is 0 Å². The fourth-order valence-electron chi connectivity index (χ4n) is 1.60. The average Bonchev–Trinajstić information content (AvgIpc) is 2.46. The molecule has 19 heavy (non-hydrogen) atoms. The Hall–Kier alpha value is -1.40. The second-order valence-electron chi connectivity index (χ2n) is 4.02. The molecular weight excluding hydrogens is 355 g/mol. The van der Waals surface area contributed by atoms with E-state index < -0.39 is 0 Å². The fraction of sp³-hybridized carbons (Fsp3) is 0.133. The number of Topliss-reactive ketones (excluding diaryl/α,β-unsaturated/α-hetero) is 1. The number of carbonyl (C=O) groups is 1. The van der Waals surface area contributed by atoms with Crippen LogP contribution in [0.2, 0.25) is 0 Å². The zero-order chi connectivity index (χ0) is 13.7. The minimum atomic E-state index is -0.0641. The summed E-state index contributed by atoms with van der Waals surface area (Å²) in [5, 5.41) is 9.02. The van der Waals surface area contributed by atoms with Gasteiger partial charge in [0.05, 0.1) is 6.61 Å². The Morgan fingerprint density at radius 1 is 1.16 bits per heavy atom. The number of halogens is 1. The van der Waals surface area contributed by atoms with E-state index in [9.17, 15) is 4.79 Å². The van der Waals surface area contributed by atoms with Gasteiger partial charge in [0.15, 0.2) is 12.4 Å². The second kappa shape index (κ2) is 6.68. The lowest BCUT2D eigenvalue weighted by atomic mass is 10.1. The molecule has 0 atom stereocenters. The van der Waals surface area contributed by atoms with Crippen molar-refractivity contribution in [2.45, 2.75) is 6.61 Å². The van der Waals surface area contributed by atoms with Gasteiger partial charge in [-0.3, -0.25) is 4.79 Å². The number of hydrogen-bond donors (Lipinski definition) is 1. The summed E-state index contributed by atoms with van der Waals surface area (Å²) in [5.74, 6) is 0.524. The van der Waals surface area contributed by atoms with Gasteiger partial charge in [0.1, 0.15) is 5.75 Å². The van der Waals surface area contributed by atoms with Crippen molar-refractivity contribution in [3.63, 3.8) is 0 Å². The van der Waals surface area contributed by atoms with Crippen molar-refractivity contribution < 1.29 is 14.6 Å². The third-order valence-electron chi connectivity index (χ3n) is 2.62. The third kappa shape index (κ3) is 4.04. The number of rotatable bonds is 5. The van der Waals surface area contributed by atoms with Gasteiger partial charge < -0.3 is 9.84 Å². The number of aliphatic hydroxyl groups excluding tert-OH is 1. The largest absolute Gasteiger partial charge is 0.485 e. The number of aliphatic hydroxyl groups is 1. The molecule has 2 aromatic rings. The monoisotopic (exact) mass is 368 g/mol. The van der Waals surface area contributed by atoms with Gasteiger partial charge in [0.25, 0.3) is 0 Å². The lowest BCUT2D eigenvalue weighted by molar-refractivity contribution is 0.0921. The lowest BCUT2D eigenvalue weighted by Gasteiger charge is -2.06. The quantitative estimate of drug-likeness (QED) is 0.652. The number of hydrogen-bond acceptors (Lipinski definition) is 3. The summed E-state index contributed by atoms with van der Waals surface area (Å²) >= 11 is 2.19. The number of ether oxygens (including phenoxy) is 1. The van der Waals surface area contributed by atoms with Crippen LogP contribution in [-0.2, 0) is 6.61 Å². The highest BCUT2D eigenvalue weighted by Crippen LogP contribution is 2.14. The molecule has 0 aromatic heterocycles. The SMILES string of the molecule is O=C(COc1cccc(CO)c1)c1ccc(I)cc1. The number of ketones is 1. The topological polar surface area (TPSA) is 46.5 Å². The molecular formula is C15H13IO3. The normalized spacial score (nSPS) is 10.2. The predicted molar refractivity (Wildman–Crippen MR) is 81.3 cm³/mol. The van der Waals surface area contributed by atoms with Gasteiger partial charge in [-0.05, 0) is 52.4 Å². The van der Waals surface area contributed by atoms with Crippen molar-refractivity contribution in [1.82, 2.24) is 0 Å². The summed E-state index contributed by atoms with van der Waals surface area (Å²) in [7, 11) is 0. The molecule has 0 bridgehead atoms. The minimum Gasteiger partial charge on any atom is -0.485 e. The van der Waals surface area contributed by atoms with Gasteiger partial charge in [-0.1, -0.05) is 24.3 Å². The Morgan fingerprint density at radius 3 is 2.58 bits per heavy atom. The first-order valence-electron chi connectivity index (χ1n) is 5.80. The summed E-state index contributed by atoms with van der Waals surface area (Å²) < 4.78 is 6.52. The Kier molecular flexibility index (Phi) is 4.93. The zero-order valence-corrected chi connectivity index (χ0v) is 12.3. The molecule has 0 fully saturated rings. The van der Waals surface area contributed by atoms with Gasteiger partial charge in [-0.15, -0.1) is 0 Å². The van der Waals surface area contributed by atoms with Gasteiger partial charge in [0, 0.05) is 9.13 Å². The van der Waals surface area contributed by atoms with Crippen LogP contribution in [0.15, 0.2) is 48.5 Å². The number of carbonyl (C=O) groups excluding carboxylic acids is 1. The van der Waals surface area contributed by atoms with Crippen molar-refractivity contribution >= 4 is 28.4 Å². The summed E-state index contributed by atoms with van der Waals surface area (Å²) in [6, 6.07) is 14.4. The summed E-state index contributed by atoms with van der Waals surface area (Å²) in [6.07, 6.45) is 0. The highest BCUT2D eigenvalue weighted by atomic mass is 127. The molecule has 0 aliphatic heterocycles. The summed E-state index contributed by atoms with van der Waals surface area (Å²) in [6.45, 7) is -0.0439. The van der Waals surface area contributed by atoms with Crippen molar-refractivity contribution in [2.75, 3.05) is 6.61 Å². The molecule has 0 heterocycles. The van der Waals surface area contributed by atoms with Crippen molar-refractivity contribution in [3.05, 3.63) is 63.2 Å². The van der Waals surface area contributed by atoms with E-state index in [0.717, 1.165) is 9.13 Å². The van der Waals surface area contributed by atoms with E-state index in [0.29, 0.717) is 11.3 Å². The van der Waals surface area contributed by atoms with Crippen LogP contribution in [0, 0.1) is 3.57 Å². The van der Waals surface area contributed by atoms with Crippen molar-refractivity contribution in [2.24, 2.45) is 0 Å². The summed E-state index contributed by atoms with van der Waals surface area (Å²) in [5.41, 5.74) is 1.40. The van der Waals surface area contributed by atoms with Gasteiger partial charge in [0.2, 0.25) is 0 Å². The molecule has 2 rings (SSSR count). The molecule has 4 heteroatoms. The van der Waals surface area contributed by atoms with Gasteiger partial charge in [-0.2, -0.15) is 0 Å². The highest BCUT2D eigenvalue weighted by Gasteiger charge is 2.06. The van der Waals surface area contributed by atoms with Crippen LogP contribution >= 0.6 is 22.6 Å². The van der Waals surface area contributed by atoms with Crippen LogP contribution in [0.25, 0.3) is 0 Å². The van der Waals surface area contributed by atoms with Crippen molar-refractivity contribution in [1.29, 1.82) is 0 Å². The maximum absolute atomic E-state index is 11.9. The zero-order valence-electron chi connectivity index (χ0n) is 10.2. The van der Waals surface area contributed by atoms with E-state index in [-0.39, 0.29) is 19.0 Å². The first-order chi connectivity index (χ1) is 9.19. The predicted octanol–water partition coefficient (Wildman–Crippen LogP) is 3.05. The highest BCUT2D eigenvalue weighted by molar-refractivity contribution is 14.1. The van der Waals surface area contributed by atoms with E-state index in [4.69, 9.17) is 9.84 Å². The maximum atomic E-state index is 11.9. The molecule has 3 nitrogen and oxygen atoms in total. The third-order valence-corrected chi connectivity index (χ3v) is 3.34. The van der Waals surface area contributed by atoms with Crippen LogP contribution in [-0.4, -0.2) is 17.5 Å². The molecule has 0 unspecified atom stereocenters. The second-order valence-corrected chi connectivity index (χ2v) is 5.27. The molecule has 0 saturated carbocycles. The molecule has 0 aliphatic rings. The molecule has 2 aromatic carbocycles. The first kappa shape index (κ1) is 14.0. The van der Waals surface area contributed by atoms with Crippen LogP contribution < -0.4 is 4.74 Å². The molecule has 98 valence electrons. The Morgan fingerprint density at radius 2 is 1.89 bits per heavy atom. The van der Waals surface area contributed by atoms with Crippen LogP contribution in [0.4, 0.5) is 0 Å². The standard InChI is InChI=1S/C15H13IO3/c16-13-6-4-12(5-7-13)15(18)10-19-14-3-1-2-11(8-14)9-17/h1-8,17H,9-10H2. The maximum Gasteiger partial charge on any atom is 0.200 e. The molecule has 1 N–H and O–H groups in total. The molecule has 0 saturated heterocycles. The van der Waals surface area contributed by atoms with Crippen molar-refractivity contribution in [3.8, 4) is 5.75 Å². The Balaban J connectivity index is 1.98. The minimum absolute atomic E-state index is 0.00449. The van der Waals surface area contributed by atoms with E-state index in [1.165, 1.54) is 0 Å². The molecule has 0 radical (unpaired) electrons. The first-order valence-corrected chi connectivity index (χ1v) is 6.88. The van der Waals surface area contributed by atoms with Gasteiger partial charge >= 0.3 is 0 Å². The number of benzene rings is 2. The molecule has 0 aliphatic carbocycles. The van der Waals surface area contributed by atoms with Crippen LogP contribution in [0.3, 0.4) is 0 Å². The average molecular weight is 368 g/mol. The smallest absolute Gasteiger partial charge is 0.200 e. The fourth-order valence-corrected chi connectivity index (χ4v) is 1.96. The van der Waals surface area contributed by atoms with Crippen LogP contribution in [0.5, 0.6) is 5.75 Å². The summed E-state index contributed by atoms with van der Waals surface area (Å²) in [4.78, 5) is 11.9. The van der Waals surface area contributed by atoms with E-state index in [1.807, 2.05) is 12.1 Å². The lowest BCUT2D eigenvalue weighted by Crippen LogP contribution is -2.11. The van der Waals surface area contributed by atoms with E-state index in [1.54, 1.807) is 36.4 Å².